The first-order chi connectivity index (χ1) is 33.9. The second-order valence-corrected chi connectivity index (χ2v) is 18.5. The zero-order valence-corrected chi connectivity index (χ0v) is 40.5. The molecule has 2 saturated heterocycles. The van der Waals surface area contributed by atoms with Gasteiger partial charge in [-0.1, -0.05) is 107 Å². The molecular weight excluding hydrogens is 915 g/mol. The number of fused-ring (bicyclic) bond motifs is 1. The Labute approximate surface area is 413 Å². The Balaban J connectivity index is 1.59. The third kappa shape index (κ3) is 15.6. The van der Waals surface area contributed by atoms with Crippen LogP contribution in [0.2, 0.25) is 0 Å². The Kier molecular flexibility index (Phi) is 20.0. The van der Waals surface area contributed by atoms with Crippen LogP contribution >= 0.6 is 0 Å². The van der Waals surface area contributed by atoms with Crippen molar-refractivity contribution in [1.82, 2.24) is 42.1 Å². The van der Waals surface area contributed by atoms with E-state index in [0.29, 0.717) is 29.5 Å². The fourth-order valence-electron chi connectivity index (χ4n) is 8.52. The fraction of sp³-hybridized carbons (Fsp3) is 0.471. The number of rotatable bonds is 13. The summed E-state index contributed by atoms with van der Waals surface area (Å²) >= 11 is 0. The van der Waals surface area contributed by atoms with Crippen molar-refractivity contribution < 1.29 is 53.4 Å². The number of carbonyl (C=O) groups excluding carboxylic acids is 9. The first-order valence-electron chi connectivity index (χ1n) is 24.1. The van der Waals surface area contributed by atoms with Gasteiger partial charge in [0, 0.05) is 32.2 Å². The monoisotopic (exact) mass is 981 g/mol. The zero-order valence-electron chi connectivity index (χ0n) is 40.5. The Morgan fingerprint density at radius 2 is 1.03 bits per heavy atom. The normalized spacial score (nSPS) is 25.0. The number of phenolic OH excluding ortho intramolecular Hbond substituents is 1. The number of aliphatic hydroxyl groups is 1. The van der Waals surface area contributed by atoms with Crippen molar-refractivity contribution in [3.8, 4) is 5.75 Å². The minimum absolute atomic E-state index is 0.0587. The van der Waals surface area contributed by atoms with Gasteiger partial charge < -0.3 is 58.1 Å². The van der Waals surface area contributed by atoms with Crippen molar-refractivity contribution in [2.75, 3.05) is 13.2 Å². The molecule has 5 rings (SSSR count). The number of nitrogens with one attached hydrogen (secondary N) is 7. The molecule has 9 atom stereocenters. The van der Waals surface area contributed by atoms with E-state index in [0.717, 1.165) is 0 Å². The van der Waals surface area contributed by atoms with Crippen LogP contribution in [0.5, 0.6) is 5.75 Å². The predicted octanol–water partition coefficient (Wildman–Crippen LogP) is -0.222. The number of benzene rings is 3. The van der Waals surface area contributed by atoms with E-state index in [4.69, 9.17) is 5.73 Å². The van der Waals surface area contributed by atoms with E-state index in [1.165, 1.54) is 29.2 Å². The first kappa shape index (κ1) is 54.6. The molecule has 0 radical (unpaired) electrons. The lowest BCUT2D eigenvalue weighted by Gasteiger charge is -2.32. The number of aliphatic hydroxyl groups excluding tert-OH is 1. The highest BCUT2D eigenvalue weighted by atomic mass is 16.3. The van der Waals surface area contributed by atoms with Gasteiger partial charge in [0.05, 0.1) is 6.61 Å². The summed E-state index contributed by atoms with van der Waals surface area (Å²) in [5, 5.41) is 39.4. The van der Waals surface area contributed by atoms with Crippen LogP contribution in [-0.4, -0.2) is 130 Å². The molecule has 9 amide bonds. The number of nitrogens with two attached hydrogens (primary N) is 1. The van der Waals surface area contributed by atoms with E-state index in [1.807, 2.05) is 0 Å². The first-order valence-corrected chi connectivity index (χ1v) is 24.1. The lowest BCUT2D eigenvalue weighted by Crippen LogP contribution is -2.63. The second kappa shape index (κ2) is 26.0. The van der Waals surface area contributed by atoms with Gasteiger partial charge in [-0.3, -0.25) is 43.2 Å². The van der Waals surface area contributed by atoms with Crippen LogP contribution in [-0.2, 0) is 62.4 Å². The molecule has 2 aliphatic heterocycles. The van der Waals surface area contributed by atoms with Gasteiger partial charge in [0.15, 0.2) is 0 Å². The van der Waals surface area contributed by atoms with Gasteiger partial charge in [0.25, 0.3) is 0 Å². The molecule has 20 heteroatoms. The van der Waals surface area contributed by atoms with Gasteiger partial charge >= 0.3 is 0 Å². The van der Waals surface area contributed by atoms with Crippen molar-refractivity contribution in [1.29, 1.82) is 0 Å². The minimum atomic E-state index is -1.68. The third-order valence-electron chi connectivity index (χ3n) is 12.8. The van der Waals surface area contributed by atoms with Gasteiger partial charge in [0.2, 0.25) is 53.2 Å². The maximum Gasteiger partial charge on any atom is 0.245 e. The molecule has 2 fully saturated rings. The molecular formula is C51H67N9O11. The van der Waals surface area contributed by atoms with Crippen LogP contribution < -0.4 is 43.0 Å². The Morgan fingerprint density at radius 3 is 1.52 bits per heavy atom. The molecule has 0 bridgehead atoms. The summed E-state index contributed by atoms with van der Waals surface area (Å²) in [6.45, 7) is 5.99. The average molecular weight is 982 g/mol. The van der Waals surface area contributed by atoms with Crippen molar-refractivity contribution >= 4 is 53.2 Å². The molecule has 3 aromatic rings. The smallest absolute Gasteiger partial charge is 0.245 e. The predicted molar refractivity (Wildman–Crippen MR) is 260 cm³/mol. The van der Waals surface area contributed by atoms with Crippen molar-refractivity contribution in [2.24, 2.45) is 17.6 Å². The van der Waals surface area contributed by atoms with Gasteiger partial charge in [-0.25, -0.2) is 0 Å². The van der Waals surface area contributed by atoms with Crippen LogP contribution in [0.4, 0.5) is 0 Å². The molecule has 2 aliphatic rings. The Hall–Kier alpha value is -7.35. The number of nitrogens with zero attached hydrogens (tertiary/aromatic N) is 1. The number of hydrogen-bond acceptors (Lipinski definition) is 11. The van der Waals surface area contributed by atoms with E-state index in [-0.39, 0.29) is 50.8 Å². The van der Waals surface area contributed by atoms with Crippen molar-refractivity contribution in [2.45, 2.75) is 127 Å². The highest BCUT2D eigenvalue weighted by molar-refractivity contribution is 5.99. The van der Waals surface area contributed by atoms with Crippen LogP contribution in [0, 0.1) is 11.8 Å². The summed E-state index contributed by atoms with van der Waals surface area (Å²) in [5.74, 6) is -8.38. The highest BCUT2D eigenvalue weighted by Crippen LogP contribution is 2.22. The molecule has 2 heterocycles. The van der Waals surface area contributed by atoms with Crippen molar-refractivity contribution in [3.05, 3.63) is 102 Å². The standard InChI is InChI=1S/C51H67N9O11/c1-5-30(4)43-50(70)53-35(22-23-41(52)63)51(71)60-24-12-17-40(60)48(68)56-37(27-33-18-20-34(62)21-19-33)45(65)57-39(28-61)47(67)55-36(25-31-13-8-6-9-14-31)44(64)54-38(26-32-15-10-7-11-16-32)46(66)58-42(29(2)3)49(69)59-43/h6-11,13-16,18-21,29-30,35-40,42-43,61-62H,5,12,17,22-28H2,1-4H3,(H2,52,63)(H,53,70)(H,54,64)(H,55,67)(H,56,68)(H,57,65)(H,58,66)(H,59,69). The van der Waals surface area contributed by atoms with Crippen LogP contribution in [0.25, 0.3) is 0 Å². The number of phenols is 1. The topological polar surface area (TPSA) is 308 Å². The number of aromatic hydroxyl groups is 1. The molecule has 0 aromatic heterocycles. The SMILES string of the molecule is CCC(C)C1NC(=O)C(C(C)C)NC(=O)C(Cc2ccccc2)NC(=O)C(Cc2ccccc2)NC(=O)C(CO)NC(=O)C(Cc2ccc(O)cc2)NC(=O)C2CCCN2C(=O)C(CCC(N)=O)NC1=O. The largest absolute Gasteiger partial charge is 0.508 e. The van der Waals surface area contributed by atoms with Crippen LogP contribution in [0.1, 0.15) is 76.5 Å². The van der Waals surface area contributed by atoms with Gasteiger partial charge in [-0.15, -0.1) is 0 Å². The molecule has 0 aliphatic carbocycles. The van der Waals surface area contributed by atoms with E-state index in [1.54, 1.807) is 88.4 Å². The lowest BCUT2D eigenvalue weighted by molar-refractivity contribution is -0.143. The Morgan fingerprint density at radius 1 is 0.592 bits per heavy atom. The molecule has 3 aromatic carbocycles. The summed E-state index contributed by atoms with van der Waals surface area (Å²) < 4.78 is 0. The average Bonchev–Trinajstić information content (AvgIpc) is 3.85. The maximum atomic E-state index is 14.5. The quantitative estimate of drug-likeness (QED) is 0.107. The summed E-state index contributed by atoms with van der Waals surface area (Å²) in [6, 6.07) is 12.3. The van der Waals surface area contributed by atoms with E-state index in [2.05, 4.69) is 37.2 Å². The summed E-state index contributed by atoms with van der Waals surface area (Å²) in [7, 11) is 0. The molecule has 71 heavy (non-hydrogen) atoms. The zero-order chi connectivity index (χ0) is 51.8. The summed E-state index contributed by atoms with van der Waals surface area (Å²) in [6.07, 6.45) is -0.0429. The summed E-state index contributed by atoms with van der Waals surface area (Å²) in [5.41, 5.74) is 7.23. The molecule has 11 N–H and O–H groups in total. The second-order valence-electron chi connectivity index (χ2n) is 18.5. The molecule has 0 saturated carbocycles. The summed E-state index contributed by atoms with van der Waals surface area (Å²) in [4.78, 5) is 128. The maximum absolute atomic E-state index is 14.5. The third-order valence-corrected chi connectivity index (χ3v) is 12.8. The van der Waals surface area contributed by atoms with Crippen LogP contribution in [0.15, 0.2) is 84.9 Å². The van der Waals surface area contributed by atoms with Gasteiger partial charge in [0.1, 0.15) is 54.1 Å². The fourth-order valence-corrected chi connectivity index (χ4v) is 8.52. The van der Waals surface area contributed by atoms with E-state index in [9.17, 15) is 53.4 Å². The van der Waals surface area contributed by atoms with Gasteiger partial charge in [-0.2, -0.15) is 0 Å². The molecule has 0 spiro atoms. The number of carbonyl (C=O) groups is 9. The molecule has 382 valence electrons. The van der Waals surface area contributed by atoms with Crippen LogP contribution in [0.3, 0.4) is 0 Å². The number of amides is 9. The Bertz CT molecular complexity index is 2350. The highest BCUT2D eigenvalue weighted by Gasteiger charge is 2.41. The van der Waals surface area contributed by atoms with Crippen molar-refractivity contribution in [3.63, 3.8) is 0 Å². The molecule has 20 nitrogen and oxygen atoms in total. The number of hydrogen-bond donors (Lipinski definition) is 10. The van der Waals surface area contributed by atoms with E-state index < -0.39 is 120 Å². The van der Waals surface area contributed by atoms with Gasteiger partial charge in [-0.05, 0) is 59.9 Å². The van der Waals surface area contributed by atoms with E-state index >= 15 is 0 Å². The lowest BCUT2D eigenvalue weighted by atomic mass is 9.95. The molecule has 9 unspecified atom stereocenters. The minimum Gasteiger partial charge on any atom is -0.508 e. The number of primary amides is 1.